The minimum atomic E-state index is 0.0877. The predicted octanol–water partition coefficient (Wildman–Crippen LogP) is 3.52. The number of morpholine rings is 1. The first-order valence-corrected chi connectivity index (χ1v) is 9.84. The second-order valence-corrected chi connectivity index (χ2v) is 7.53. The lowest BCUT2D eigenvalue weighted by molar-refractivity contribution is -0.121. The summed E-state index contributed by atoms with van der Waals surface area (Å²) in [5.41, 5.74) is 1.13. The van der Waals surface area contributed by atoms with Crippen LogP contribution in [0.4, 0.5) is 0 Å². The van der Waals surface area contributed by atoms with E-state index in [-0.39, 0.29) is 11.9 Å². The van der Waals surface area contributed by atoms with Crippen LogP contribution in [0.2, 0.25) is 5.02 Å². The molecule has 1 aromatic carbocycles. The predicted molar refractivity (Wildman–Crippen MR) is 102 cm³/mol. The fraction of sp³-hybridized carbons (Fsp3) is 0.421. The van der Waals surface area contributed by atoms with Crippen LogP contribution in [0.25, 0.3) is 0 Å². The quantitative estimate of drug-likeness (QED) is 0.801. The van der Waals surface area contributed by atoms with E-state index in [0.29, 0.717) is 13.0 Å². The number of nitrogens with one attached hydrogen (secondary N) is 1. The molecule has 0 spiro atoms. The van der Waals surface area contributed by atoms with Crippen molar-refractivity contribution in [1.82, 2.24) is 10.2 Å². The van der Waals surface area contributed by atoms with E-state index in [1.54, 1.807) is 11.3 Å². The summed E-state index contributed by atoms with van der Waals surface area (Å²) in [6.45, 7) is 3.96. The van der Waals surface area contributed by atoms with Crippen molar-refractivity contribution < 1.29 is 9.53 Å². The van der Waals surface area contributed by atoms with E-state index in [2.05, 4.69) is 27.7 Å². The number of amides is 1. The van der Waals surface area contributed by atoms with Crippen molar-refractivity contribution in [2.75, 3.05) is 32.8 Å². The van der Waals surface area contributed by atoms with E-state index >= 15 is 0 Å². The Morgan fingerprint density at radius 3 is 2.68 bits per heavy atom. The van der Waals surface area contributed by atoms with Crippen molar-refractivity contribution in [2.45, 2.75) is 18.9 Å². The van der Waals surface area contributed by atoms with Crippen LogP contribution in [0, 0.1) is 0 Å². The average Bonchev–Trinajstić information content (AvgIpc) is 3.17. The third-order valence-corrected chi connectivity index (χ3v) is 5.63. The minimum Gasteiger partial charge on any atom is -0.379 e. The SMILES string of the molecule is O=C(CCc1ccc(Cl)cc1)NCC(c1cccs1)N1CCOCC1. The van der Waals surface area contributed by atoms with E-state index < -0.39 is 0 Å². The highest BCUT2D eigenvalue weighted by Crippen LogP contribution is 2.25. The van der Waals surface area contributed by atoms with Gasteiger partial charge in [0.15, 0.2) is 0 Å². The number of benzene rings is 1. The molecule has 4 nitrogen and oxygen atoms in total. The summed E-state index contributed by atoms with van der Waals surface area (Å²) >= 11 is 7.63. The third kappa shape index (κ3) is 5.54. The van der Waals surface area contributed by atoms with Crippen LogP contribution < -0.4 is 5.32 Å². The normalized spacial score (nSPS) is 16.5. The number of thiophene rings is 1. The molecule has 1 atom stereocenters. The van der Waals surface area contributed by atoms with Crippen molar-refractivity contribution in [1.29, 1.82) is 0 Å². The Balaban J connectivity index is 1.51. The van der Waals surface area contributed by atoms with E-state index in [1.165, 1.54) is 4.88 Å². The molecule has 1 aromatic heterocycles. The number of carbonyl (C=O) groups is 1. The maximum Gasteiger partial charge on any atom is 0.220 e. The molecule has 1 saturated heterocycles. The van der Waals surface area contributed by atoms with Crippen molar-refractivity contribution in [3.8, 4) is 0 Å². The summed E-state index contributed by atoms with van der Waals surface area (Å²) in [6, 6.07) is 12.1. The fourth-order valence-corrected chi connectivity index (χ4v) is 3.97. The maximum absolute atomic E-state index is 12.3. The van der Waals surface area contributed by atoms with Gasteiger partial charge in [-0.05, 0) is 35.6 Å². The number of hydrogen-bond donors (Lipinski definition) is 1. The zero-order valence-electron chi connectivity index (χ0n) is 14.1. The molecule has 0 radical (unpaired) electrons. The summed E-state index contributed by atoms with van der Waals surface area (Å²) in [5, 5.41) is 5.92. The Hall–Kier alpha value is -1.40. The van der Waals surface area contributed by atoms with E-state index in [1.807, 2.05) is 24.3 Å². The summed E-state index contributed by atoms with van der Waals surface area (Å²) in [6.07, 6.45) is 1.21. The zero-order chi connectivity index (χ0) is 17.5. The molecule has 0 saturated carbocycles. The smallest absolute Gasteiger partial charge is 0.220 e. The van der Waals surface area contributed by atoms with Gasteiger partial charge in [0.05, 0.1) is 19.3 Å². The number of hydrogen-bond acceptors (Lipinski definition) is 4. The maximum atomic E-state index is 12.3. The van der Waals surface area contributed by atoms with Crippen LogP contribution in [0.5, 0.6) is 0 Å². The van der Waals surface area contributed by atoms with Crippen LogP contribution >= 0.6 is 22.9 Å². The van der Waals surface area contributed by atoms with Gasteiger partial charge in [0.25, 0.3) is 0 Å². The molecular formula is C19H23ClN2O2S. The molecule has 1 aliphatic rings. The highest BCUT2D eigenvalue weighted by Gasteiger charge is 2.23. The highest BCUT2D eigenvalue weighted by atomic mass is 35.5. The third-order valence-electron chi connectivity index (χ3n) is 4.40. The molecule has 1 N–H and O–H groups in total. The van der Waals surface area contributed by atoms with Crippen LogP contribution in [0.15, 0.2) is 41.8 Å². The fourth-order valence-electron chi connectivity index (χ4n) is 2.99. The number of rotatable bonds is 7. The Morgan fingerprint density at radius 2 is 2.00 bits per heavy atom. The lowest BCUT2D eigenvalue weighted by Crippen LogP contribution is -2.43. The minimum absolute atomic E-state index is 0.0877. The first kappa shape index (κ1) is 18.4. The topological polar surface area (TPSA) is 41.6 Å². The molecule has 1 fully saturated rings. The molecule has 3 rings (SSSR count). The number of halogens is 1. The van der Waals surface area contributed by atoms with E-state index in [4.69, 9.17) is 16.3 Å². The molecule has 0 aliphatic carbocycles. The van der Waals surface area contributed by atoms with Gasteiger partial charge in [0.2, 0.25) is 5.91 Å². The lowest BCUT2D eigenvalue weighted by Gasteiger charge is -2.34. The van der Waals surface area contributed by atoms with Gasteiger partial charge in [-0.3, -0.25) is 9.69 Å². The van der Waals surface area contributed by atoms with Crippen LogP contribution in [0.1, 0.15) is 22.9 Å². The van der Waals surface area contributed by atoms with Gasteiger partial charge in [0.1, 0.15) is 0 Å². The van der Waals surface area contributed by atoms with Gasteiger partial charge in [-0.25, -0.2) is 0 Å². The van der Waals surface area contributed by atoms with Crippen molar-refractivity contribution >= 4 is 28.8 Å². The van der Waals surface area contributed by atoms with E-state index in [0.717, 1.165) is 43.3 Å². The summed E-state index contributed by atoms with van der Waals surface area (Å²) in [4.78, 5) is 16.0. The molecule has 2 heterocycles. The molecule has 1 aliphatic heterocycles. The summed E-state index contributed by atoms with van der Waals surface area (Å²) < 4.78 is 5.45. The lowest BCUT2D eigenvalue weighted by atomic mass is 10.1. The second kappa shape index (κ2) is 9.34. The molecule has 134 valence electrons. The molecule has 0 bridgehead atoms. The Morgan fingerprint density at radius 1 is 1.24 bits per heavy atom. The van der Waals surface area contributed by atoms with Crippen LogP contribution in [-0.4, -0.2) is 43.7 Å². The van der Waals surface area contributed by atoms with Crippen molar-refractivity contribution in [2.24, 2.45) is 0 Å². The highest BCUT2D eigenvalue weighted by molar-refractivity contribution is 7.10. The van der Waals surface area contributed by atoms with Crippen molar-refractivity contribution in [3.63, 3.8) is 0 Å². The Labute approximate surface area is 157 Å². The standard InChI is InChI=1S/C19H23ClN2O2S/c20-16-6-3-15(4-7-16)5-8-19(23)21-14-17(18-2-1-13-25-18)22-9-11-24-12-10-22/h1-4,6-7,13,17H,5,8-12,14H2,(H,21,23). The molecule has 1 unspecified atom stereocenters. The molecule has 1 amide bonds. The number of carbonyl (C=O) groups excluding carboxylic acids is 1. The van der Waals surface area contributed by atoms with Crippen LogP contribution in [-0.2, 0) is 16.0 Å². The van der Waals surface area contributed by atoms with Gasteiger partial charge in [-0.2, -0.15) is 0 Å². The Kier molecular flexibility index (Phi) is 6.87. The Bertz CT molecular complexity index is 655. The largest absolute Gasteiger partial charge is 0.379 e. The number of nitrogens with zero attached hydrogens (tertiary/aromatic N) is 1. The van der Waals surface area contributed by atoms with Gasteiger partial charge in [-0.1, -0.05) is 29.8 Å². The van der Waals surface area contributed by atoms with Gasteiger partial charge in [0, 0.05) is 36.0 Å². The van der Waals surface area contributed by atoms with Gasteiger partial charge in [-0.15, -0.1) is 11.3 Å². The molecular weight excluding hydrogens is 356 g/mol. The summed E-state index contributed by atoms with van der Waals surface area (Å²) in [7, 11) is 0. The first-order valence-electron chi connectivity index (χ1n) is 8.59. The summed E-state index contributed by atoms with van der Waals surface area (Å²) in [5.74, 6) is 0.0877. The first-order chi connectivity index (χ1) is 12.2. The van der Waals surface area contributed by atoms with E-state index in [9.17, 15) is 4.79 Å². The van der Waals surface area contributed by atoms with Crippen molar-refractivity contribution in [3.05, 3.63) is 57.2 Å². The number of aryl methyl sites for hydroxylation is 1. The van der Waals surface area contributed by atoms with Gasteiger partial charge >= 0.3 is 0 Å². The average molecular weight is 379 g/mol. The zero-order valence-corrected chi connectivity index (χ0v) is 15.7. The second-order valence-electron chi connectivity index (χ2n) is 6.11. The molecule has 2 aromatic rings. The molecule has 25 heavy (non-hydrogen) atoms. The van der Waals surface area contributed by atoms with Gasteiger partial charge < -0.3 is 10.1 Å². The number of ether oxygens (including phenoxy) is 1. The monoisotopic (exact) mass is 378 g/mol. The molecule has 6 heteroatoms. The van der Waals surface area contributed by atoms with Crippen LogP contribution in [0.3, 0.4) is 0 Å².